The smallest absolute Gasteiger partial charge is 0.167 e. The van der Waals surface area contributed by atoms with Crippen LogP contribution in [0.4, 0.5) is 0 Å². The van der Waals surface area contributed by atoms with Gasteiger partial charge < -0.3 is 13.6 Å². The number of benzene rings is 8. The molecule has 0 spiro atoms. The highest BCUT2D eigenvalue weighted by Crippen LogP contribution is 2.43. The van der Waals surface area contributed by atoms with Crippen molar-refractivity contribution in [3.63, 3.8) is 0 Å². The number of rotatable bonds is 5. The normalized spacial score (nSPS) is 13.6. The van der Waals surface area contributed by atoms with E-state index in [4.69, 9.17) is 24.9 Å². The lowest BCUT2D eigenvalue weighted by molar-refractivity contribution is 0.669. The van der Waals surface area contributed by atoms with Gasteiger partial charge in [0, 0.05) is 55.2 Å². The summed E-state index contributed by atoms with van der Waals surface area (Å²) in [4.78, 5) is 14.8. The van der Waals surface area contributed by atoms with Gasteiger partial charge in [-0.15, -0.1) is 0 Å². The highest BCUT2D eigenvalue weighted by Gasteiger charge is 2.23. The predicted octanol–water partition coefficient (Wildman–Crippen LogP) is 13.0. The van der Waals surface area contributed by atoms with E-state index in [1.807, 2.05) is 137 Å². The third-order valence-electron chi connectivity index (χ3n) is 10.6. The van der Waals surface area contributed by atoms with E-state index in [2.05, 4.69) is 0 Å². The molecule has 8 aromatic carbocycles. The minimum absolute atomic E-state index is 0.00289. The van der Waals surface area contributed by atoms with Crippen LogP contribution >= 0.6 is 0 Å². The molecular weight excluding hydrogens is 699 g/mol. The first-order valence-electron chi connectivity index (χ1n) is 22.0. The Labute approximate surface area is 336 Å². The van der Waals surface area contributed by atoms with Gasteiger partial charge in [0.25, 0.3) is 0 Å². The summed E-state index contributed by atoms with van der Waals surface area (Å²) in [5.74, 6) is 1.48. The lowest BCUT2D eigenvalue weighted by Crippen LogP contribution is -2.00. The molecule has 0 aliphatic rings. The number of nitrogens with zero attached hydrogens (tertiary/aromatic N) is 5. The van der Waals surface area contributed by atoms with E-state index in [1.54, 1.807) is 6.07 Å². The Bertz CT molecular complexity index is 3870. The van der Waals surface area contributed by atoms with Gasteiger partial charge in [0.1, 0.15) is 11.2 Å². The molecule has 0 saturated heterocycles. The zero-order chi connectivity index (χ0) is 43.5. The molecular formula is C51H31N5O. The maximum Gasteiger partial charge on any atom is 0.167 e. The van der Waals surface area contributed by atoms with E-state index >= 15 is 0 Å². The molecule has 0 atom stereocenters. The molecule has 266 valence electrons. The van der Waals surface area contributed by atoms with E-state index < -0.39 is 0 Å². The van der Waals surface area contributed by atoms with Crippen molar-refractivity contribution in [1.29, 1.82) is 0 Å². The summed E-state index contributed by atoms with van der Waals surface area (Å²) in [6.45, 7) is 0. The summed E-state index contributed by atoms with van der Waals surface area (Å²) < 4.78 is 74.5. The maximum absolute atomic E-state index is 9.56. The van der Waals surface area contributed by atoms with Gasteiger partial charge in [-0.05, 0) is 42.4 Å². The molecule has 0 amide bonds. The Morgan fingerprint density at radius 2 is 1.04 bits per heavy atom. The number of aromatic nitrogens is 5. The minimum Gasteiger partial charge on any atom is -0.455 e. The maximum atomic E-state index is 9.56. The van der Waals surface area contributed by atoms with Crippen LogP contribution in [-0.4, -0.2) is 24.1 Å². The lowest BCUT2D eigenvalue weighted by atomic mass is 10.1. The topological polar surface area (TPSA) is 61.7 Å². The standard InChI is InChI=1S/C51H31N5O/c1-4-15-32(16-5-1)49-52-50(33-17-6-2-7-18-33)54-51(53-49)42-24-14-23-41-38-28-27-35(31-45(38)57-48(41)42)56-44-26-13-11-22-37(44)40-30-29-39-36-21-10-12-25-43(36)55(46(39)47(40)56)34-19-8-3-9-20-34/h1-31H/i10D,11D,21D,25D,26D,29D,30D. The highest BCUT2D eigenvalue weighted by molar-refractivity contribution is 6.24. The molecule has 0 aliphatic heterocycles. The highest BCUT2D eigenvalue weighted by atomic mass is 16.3. The van der Waals surface area contributed by atoms with Crippen LogP contribution < -0.4 is 0 Å². The average Bonchev–Trinajstić information content (AvgIpc) is 3.99. The molecule has 0 saturated carbocycles. The van der Waals surface area contributed by atoms with Gasteiger partial charge in [-0.25, -0.2) is 15.0 Å². The minimum atomic E-state index is -0.175. The summed E-state index contributed by atoms with van der Waals surface area (Å²) in [5.41, 5.74) is 6.33. The van der Waals surface area contributed by atoms with Crippen molar-refractivity contribution in [3.05, 3.63) is 188 Å². The largest absolute Gasteiger partial charge is 0.455 e. The van der Waals surface area contributed by atoms with Crippen LogP contribution in [0.25, 0.3) is 111 Å². The van der Waals surface area contributed by atoms with Crippen molar-refractivity contribution in [3.8, 4) is 45.5 Å². The summed E-state index contributed by atoms with van der Waals surface area (Å²) in [5, 5.41) is 2.93. The molecule has 12 aromatic rings. The summed E-state index contributed by atoms with van der Waals surface area (Å²) in [6.07, 6.45) is 0. The SMILES string of the molecule is [2H]c1cc([2H])c2c(c1)c1c([2H])c([2H])c3c4c([2H])c([2H])cc([2H])c4n(-c4ccccc4)c3c1n2-c1ccc2c(c1)oc1c(-c3nc(-c4ccccc4)nc(-c4ccccc4)n3)cccc12. The van der Waals surface area contributed by atoms with Crippen molar-refractivity contribution in [2.75, 3.05) is 0 Å². The van der Waals surface area contributed by atoms with E-state index in [-0.39, 0.29) is 53.1 Å². The molecule has 57 heavy (non-hydrogen) atoms. The Balaban J connectivity index is 1.17. The quantitative estimate of drug-likeness (QED) is 0.176. The van der Waals surface area contributed by atoms with Crippen molar-refractivity contribution < 1.29 is 14.0 Å². The number of para-hydroxylation sites is 4. The molecule has 12 rings (SSSR count). The molecule has 0 aliphatic carbocycles. The second-order valence-electron chi connectivity index (χ2n) is 13.9. The monoisotopic (exact) mass is 736 g/mol. The molecule has 0 N–H and O–H groups in total. The second-order valence-corrected chi connectivity index (χ2v) is 13.9. The third kappa shape index (κ3) is 4.81. The van der Waals surface area contributed by atoms with Crippen LogP contribution in [0.3, 0.4) is 0 Å². The summed E-state index contributed by atoms with van der Waals surface area (Å²) >= 11 is 0. The van der Waals surface area contributed by atoms with Gasteiger partial charge in [-0.2, -0.15) is 0 Å². The van der Waals surface area contributed by atoms with Crippen LogP contribution in [-0.2, 0) is 0 Å². The van der Waals surface area contributed by atoms with Crippen molar-refractivity contribution >= 4 is 65.6 Å². The van der Waals surface area contributed by atoms with E-state index in [1.165, 1.54) is 12.1 Å². The van der Waals surface area contributed by atoms with Gasteiger partial charge in [0.15, 0.2) is 17.5 Å². The van der Waals surface area contributed by atoms with Gasteiger partial charge in [-0.1, -0.05) is 139 Å². The van der Waals surface area contributed by atoms with Gasteiger partial charge in [0.2, 0.25) is 0 Å². The average molecular weight is 737 g/mol. The third-order valence-corrected chi connectivity index (χ3v) is 10.6. The Morgan fingerprint density at radius 1 is 0.421 bits per heavy atom. The van der Waals surface area contributed by atoms with E-state index in [0.717, 1.165) is 21.9 Å². The predicted molar refractivity (Wildman–Crippen MR) is 232 cm³/mol. The van der Waals surface area contributed by atoms with Crippen LogP contribution in [0.15, 0.2) is 192 Å². The molecule has 6 nitrogen and oxygen atoms in total. The molecule has 0 radical (unpaired) electrons. The van der Waals surface area contributed by atoms with E-state index in [9.17, 15) is 4.11 Å². The Hall–Kier alpha value is -7.83. The summed E-state index contributed by atoms with van der Waals surface area (Å²) in [6, 6.07) is 44.4. The first-order chi connectivity index (χ1) is 31.2. The Kier molecular flexibility index (Phi) is 5.48. The Morgan fingerprint density at radius 3 is 1.75 bits per heavy atom. The fourth-order valence-electron chi connectivity index (χ4n) is 8.10. The van der Waals surface area contributed by atoms with Gasteiger partial charge in [0.05, 0.1) is 42.9 Å². The van der Waals surface area contributed by atoms with Crippen molar-refractivity contribution in [2.45, 2.75) is 0 Å². The van der Waals surface area contributed by atoms with Crippen LogP contribution in [0, 0.1) is 0 Å². The second kappa shape index (κ2) is 12.3. The van der Waals surface area contributed by atoms with Gasteiger partial charge in [-0.3, -0.25) is 0 Å². The fourth-order valence-corrected chi connectivity index (χ4v) is 8.10. The molecule has 4 heterocycles. The summed E-state index contributed by atoms with van der Waals surface area (Å²) in [7, 11) is 0. The first kappa shape index (κ1) is 25.3. The zero-order valence-electron chi connectivity index (χ0n) is 37.0. The molecule has 6 heteroatoms. The van der Waals surface area contributed by atoms with Gasteiger partial charge >= 0.3 is 0 Å². The molecule has 0 bridgehead atoms. The molecule has 0 unspecified atom stereocenters. The van der Waals surface area contributed by atoms with Crippen LogP contribution in [0.2, 0.25) is 0 Å². The zero-order valence-corrected chi connectivity index (χ0v) is 30.0. The van der Waals surface area contributed by atoms with Crippen LogP contribution in [0.1, 0.15) is 9.60 Å². The first-order valence-corrected chi connectivity index (χ1v) is 18.5. The van der Waals surface area contributed by atoms with E-state index in [0.29, 0.717) is 78.4 Å². The number of fused-ring (bicyclic) bond motifs is 10. The molecule has 0 fully saturated rings. The number of furan rings is 1. The lowest BCUT2D eigenvalue weighted by Gasteiger charge is -2.12. The fraction of sp³-hybridized carbons (Fsp3) is 0. The number of hydrogen-bond donors (Lipinski definition) is 0. The van der Waals surface area contributed by atoms with Crippen LogP contribution in [0.5, 0.6) is 0 Å². The van der Waals surface area contributed by atoms with Crippen molar-refractivity contribution in [1.82, 2.24) is 24.1 Å². The number of hydrogen-bond acceptors (Lipinski definition) is 4. The van der Waals surface area contributed by atoms with Crippen molar-refractivity contribution in [2.24, 2.45) is 0 Å². The molecule has 4 aromatic heterocycles.